The van der Waals surface area contributed by atoms with Gasteiger partial charge >= 0.3 is 0 Å². The minimum absolute atomic E-state index is 0.0366. The molecule has 0 saturated carbocycles. The van der Waals surface area contributed by atoms with Crippen LogP contribution in [0, 0.1) is 17.2 Å². The van der Waals surface area contributed by atoms with Crippen molar-refractivity contribution in [1.82, 2.24) is 4.90 Å². The summed E-state index contributed by atoms with van der Waals surface area (Å²) in [5.74, 6) is 0.752. The highest BCUT2D eigenvalue weighted by molar-refractivity contribution is 8.01. The third-order valence-electron chi connectivity index (χ3n) is 5.48. The van der Waals surface area contributed by atoms with Gasteiger partial charge in [0, 0.05) is 38.5 Å². The molecule has 1 saturated heterocycles. The van der Waals surface area contributed by atoms with Crippen LogP contribution in [0.15, 0.2) is 41.3 Å². The summed E-state index contributed by atoms with van der Waals surface area (Å²) in [5, 5.41) is 16.8. The Labute approximate surface area is 218 Å². The summed E-state index contributed by atoms with van der Waals surface area (Å²) in [4.78, 5) is 5.31. The average molecular weight is 499 g/mol. The van der Waals surface area contributed by atoms with Crippen LogP contribution in [0.5, 0.6) is 0 Å². The number of fused-ring (bicyclic) bond motifs is 1. The van der Waals surface area contributed by atoms with Crippen LogP contribution < -0.4 is 10.0 Å². The van der Waals surface area contributed by atoms with E-state index in [0.717, 1.165) is 62.6 Å². The molecule has 1 heterocycles. The number of nitrogens with two attached hydrogens (primary N) is 1. The minimum Gasteiger partial charge on any atom is -0.376 e. The van der Waals surface area contributed by atoms with E-state index < -0.39 is 0 Å². The SMILES string of the molecule is CC.CC(C)CCOC(C)(C)C.CN1CCN(c2ccc3cc(/C=C(\C#N)SN)ccc3c2)CC1. The van der Waals surface area contributed by atoms with Crippen molar-refractivity contribution in [2.45, 2.75) is 60.5 Å². The molecule has 0 aliphatic carbocycles. The lowest BCUT2D eigenvalue weighted by atomic mass is 10.1. The monoisotopic (exact) mass is 498 g/mol. The van der Waals surface area contributed by atoms with E-state index in [4.69, 9.17) is 15.1 Å². The third-order valence-corrected chi connectivity index (χ3v) is 5.94. The van der Waals surface area contributed by atoms with Gasteiger partial charge in [-0.3, -0.25) is 5.14 Å². The molecule has 2 aromatic carbocycles. The number of rotatable bonds is 6. The Kier molecular flexibility index (Phi) is 14.0. The highest BCUT2D eigenvalue weighted by Crippen LogP contribution is 2.25. The lowest BCUT2D eigenvalue weighted by Gasteiger charge is -2.34. The minimum atomic E-state index is 0.0366. The molecular weight excluding hydrogens is 452 g/mol. The Bertz CT molecular complexity index is 951. The Morgan fingerprint density at radius 2 is 1.69 bits per heavy atom. The first-order valence-corrected chi connectivity index (χ1v) is 13.6. The van der Waals surface area contributed by atoms with Gasteiger partial charge in [-0.05, 0) is 92.7 Å². The first-order chi connectivity index (χ1) is 16.6. The molecule has 2 aromatic rings. The van der Waals surface area contributed by atoms with Crippen molar-refractivity contribution in [2.24, 2.45) is 11.1 Å². The largest absolute Gasteiger partial charge is 0.376 e. The average Bonchev–Trinajstić information content (AvgIpc) is 2.83. The van der Waals surface area contributed by atoms with Gasteiger partial charge in [-0.15, -0.1) is 0 Å². The van der Waals surface area contributed by atoms with E-state index in [-0.39, 0.29) is 5.60 Å². The molecule has 3 rings (SSSR count). The standard InChI is InChI=1S/C18H20N4S.C9H20O.C2H6/c1-21-6-8-22(9-7-21)17-5-4-15-10-14(2-3-16(15)12-17)11-18(13-19)23-20;1-8(2)6-7-10-9(3,4)5;1-2/h2-5,10-12H,6-9,20H2,1H3;8H,6-7H2,1-5H3;1-2H3/b18-11+;;. The van der Waals surface area contributed by atoms with Crippen molar-refractivity contribution in [3.63, 3.8) is 0 Å². The zero-order valence-corrected chi connectivity index (χ0v) is 23.9. The third kappa shape index (κ3) is 12.0. The van der Waals surface area contributed by atoms with Gasteiger partial charge in [-0.2, -0.15) is 5.26 Å². The van der Waals surface area contributed by atoms with Crippen molar-refractivity contribution in [3.8, 4) is 6.07 Å². The molecule has 0 amide bonds. The highest BCUT2D eigenvalue weighted by atomic mass is 32.2. The molecule has 1 fully saturated rings. The number of likely N-dealkylation sites (N-methyl/N-ethyl adjacent to an activating group) is 1. The molecule has 1 aliphatic rings. The molecule has 0 atom stereocenters. The lowest BCUT2D eigenvalue weighted by Crippen LogP contribution is -2.44. The number of nitriles is 1. The van der Waals surface area contributed by atoms with E-state index in [1.807, 2.05) is 26.0 Å². The van der Waals surface area contributed by atoms with E-state index in [0.29, 0.717) is 4.91 Å². The van der Waals surface area contributed by atoms with Crippen molar-refractivity contribution >= 4 is 34.5 Å². The van der Waals surface area contributed by atoms with Crippen molar-refractivity contribution in [2.75, 3.05) is 44.7 Å². The number of hydrogen-bond acceptors (Lipinski definition) is 6. The number of piperazine rings is 1. The number of hydrogen-bond donors (Lipinski definition) is 1. The van der Waals surface area contributed by atoms with E-state index >= 15 is 0 Å². The molecule has 1 aliphatic heterocycles. The summed E-state index contributed by atoms with van der Waals surface area (Å²) in [7, 11) is 2.17. The number of anilines is 1. The van der Waals surface area contributed by atoms with Crippen molar-refractivity contribution in [1.29, 1.82) is 5.26 Å². The van der Waals surface area contributed by atoms with Crippen LogP contribution in [0.25, 0.3) is 16.8 Å². The molecule has 194 valence electrons. The van der Waals surface area contributed by atoms with Crippen LogP contribution >= 0.6 is 11.9 Å². The van der Waals surface area contributed by atoms with Gasteiger partial charge < -0.3 is 14.5 Å². The smallest absolute Gasteiger partial charge is 0.107 e. The molecular formula is C29H46N4OS. The van der Waals surface area contributed by atoms with E-state index in [1.54, 1.807) is 0 Å². The summed E-state index contributed by atoms with van der Waals surface area (Å²) in [6.45, 7) is 19.9. The predicted molar refractivity (Wildman–Crippen MR) is 156 cm³/mol. The van der Waals surface area contributed by atoms with Gasteiger partial charge in [0.15, 0.2) is 0 Å². The van der Waals surface area contributed by atoms with Crippen LogP contribution in [-0.2, 0) is 4.74 Å². The molecule has 0 radical (unpaired) electrons. The van der Waals surface area contributed by atoms with Crippen LogP contribution in [0.2, 0.25) is 0 Å². The van der Waals surface area contributed by atoms with Gasteiger partial charge in [0.25, 0.3) is 0 Å². The Morgan fingerprint density at radius 3 is 2.23 bits per heavy atom. The topological polar surface area (TPSA) is 65.5 Å². The fourth-order valence-corrected chi connectivity index (χ4v) is 3.70. The summed E-state index contributed by atoms with van der Waals surface area (Å²) in [6.07, 6.45) is 2.98. The molecule has 0 bridgehead atoms. The molecule has 0 aromatic heterocycles. The summed E-state index contributed by atoms with van der Waals surface area (Å²) in [5.41, 5.74) is 2.32. The van der Waals surface area contributed by atoms with Crippen LogP contribution in [0.4, 0.5) is 5.69 Å². The molecule has 35 heavy (non-hydrogen) atoms. The van der Waals surface area contributed by atoms with Crippen molar-refractivity contribution in [3.05, 3.63) is 46.9 Å². The van der Waals surface area contributed by atoms with Crippen LogP contribution in [0.1, 0.15) is 60.5 Å². The van der Waals surface area contributed by atoms with E-state index in [1.165, 1.54) is 16.5 Å². The van der Waals surface area contributed by atoms with Gasteiger partial charge in [0.05, 0.1) is 5.60 Å². The number of benzene rings is 2. The summed E-state index contributed by atoms with van der Waals surface area (Å²) >= 11 is 0.981. The quantitative estimate of drug-likeness (QED) is 0.344. The maximum atomic E-state index is 8.97. The Balaban J connectivity index is 0.000000433. The second kappa shape index (κ2) is 15.9. The van der Waals surface area contributed by atoms with Gasteiger partial charge in [-0.25, -0.2) is 0 Å². The fraction of sp³-hybridized carbons (Fsp3) is 0.552. The van der Waals surface area contributed by atoms with E-state index in [2.05, 4.69) is 87.9 Å². The summed E-state index contributed by atoms with van der Waals surface area (Å²) in [6, 6.07) is 14.9. The van der Waals surface area contributed by atoms with Crippen molar-refractivity contribution < 1.29 is 4.74 Å². The second-order valence-electron chi connectivity index (χ2n) is 9.96. The molecule has 2 N–H and O–H groups in total. The zero-order valence-electron chi connectivity index (χ0n) is 23.1. The fourth-order valence-electron chi connectivity index (χ4n) is 3.45. The molecule has 5 nitrogen and oxygen atoms in total. The number of allylic oxidation sites excluding steroid dienone is 1. The predicted octanol–water partition coefficient (Wildman–Crippen LogP) is 6.94. The van der Waals surface area contributed by atoms with E-state index in [9.17, 15) is 0 Å². The second-order valence-corrected chi connectivity index (χ2v) is 10.6. The van der Waals surface area contributed by atoms with Gasteiger partial charge in [0.1, 0.15) is 11.0 Å². The Morgan fingerprint density at radius 1 is 1.09 bits per heavy atom. The summed E-state index contributed by atoms with van der Waals surface area (Å²) < 4.78 is 5.54. The number of ether oxygens (including phenoxy) is 1. The normalized spacial score (nSPS) is 14.7. The molecule has 6 heteroatoms. The molecule has 0 spiro atoms. The maximum Gasteiger partial charge on any atom is 0.107 e. The Hall–Kier alpha value is -2.04. The van der Waals surface area contributed by atoms with Gasteiger partial charge in [-0.1, -0.05) is 45.9 Å². The number of nitrogens with zero attached hydrogens (tertiary/aromatic N) is 3. The van der Waals surface area contributed by atoms with Crippen LogP contribution in [0.3, 0.4) is 0 Å². The maximum absolute atomic E-state index is 8.97. The van der Waals surface area contributed by atoms with Crippen LogP contribution in [-0.4, -0.2) is 50.3 Å². The zero-order chi connectivity index (χ0) is 26.4. The molecule has 0 unspecified atom stereocenters. The first-order valence-electron chi connectivity index (χ1n) is 12.7. The van der Waals surface area contributed by atoms with Gasteiger partial charge in [0.2, 0.25) is 0 Å². The first kappa shape index (κ1) is 31.0. The lowest BCUT2D eigenvalue weighted by molar-refractivity contribution is -0.00775. The highest BCUT2D eigenvalue weighted by Gasteiger charge is 2.14.